The van der Waals surface area contributed by atoms with E-state index in [1.54, 1.807) is 29.3 Å². The second kappa shape index (κ2) is 4.75. The number of nitrogens with zero attached hydrogens (tertiary/aromatic N) is 1. The Kier molecular flexibility index (Phi) is 3.18. The van der Waals surface area contributed by atoms with Crippen LogP contribution >= 0.6 is 22.9 Å². The van der Waals surface area contributed by atoms with Gasteiger partial charge in [0, 0.05) is 16.7 Å². The van der Waals surface area contributed by atoms with Crippen molar-refractivity contribution in [2.75, 3.05) is 0 Å². The molecule has 3 rings (SSSR count). The Bertz CT molecular complexity index is 689. The Morgan fingerprint density at radius 2 is 2.35 bits per heavy atom. The van der Waals surface area contributed by atoms with Crippen molar-refractivity contribution in [3.05, 3.63) is 56.4 Å². The monoisotopic (exact) mass is 311 g/mol. The van der Waals surface area contributed by atoms with Crippen LogP contribution in [0, 0.1) is 0 Å². The molecular weight excluding hydrogens is 301 g/mol. The van der Waals surface area contributed by atoms with Gasteiger partial charge in [0.05, 0.1) is 15.9 Å². The highest BCUT2D eigenvalue weighted by atomic mass is 35.5. The van der Waals surface area contributed by atoms with Gasteiger partial charge in [-0.3, -0.25) is 4.79 Å². The van der Waals surface area contributed by atoms with Gasteiger partial charge in [-0.1, -0.05) is 11.6 Å². The van der Waals surface area contributed by atoms with Crippen molar-refractivity contribution < 1.29 is 14.3 Å². The third-order valence-electron chi connectivity index (χ3n) is 3.46. The smallest absolute Gasteiger partial charge is 0.259 e. The second-order valence-electron chi connectivity index (χ2n) is 4.71. The Hall–Kier alpha value is -1.59. The summed E-state index contributed by atoms with van der Waals surface area (Å²) in [6.07, 6.45) is 3.40. The topological polar surface area (TPSA) is 40.5 Å². The molecule has 2 heterocycles. The van der Waals surface area contributed by atoms with E-state index >= 15 is 0 Å². The van der Waals surface area contributed by atoms with Crippen molar-refractivity contribution in [2.45, 2.75) is 19.4 Å². The van der Waals surface area contributed by atoms with Crippen molar-refractivity contribution in [1.82, 2.24) is 4.90 Å². The predicted molar refractivity (Wildman–Crippen MR) is 76.5 cm³/mol. The number of rotatable bonds is 1. The number of aliphatic hydroxyl groups is 1. The average Bonchev–Trinajstić information content (AvgIpc) is 2.97. The molecule has 1 amide bonds. The Morgan fingerprint density at radius 3 is 3.00 bits per heavy atom. The molecule has 1 aromatic heterocycles. The lowest BCUT2D eigenvalue weighted by molar-refractivity contribution is 0.0779. The number of fused-ring (bicyclic) bond motifs is 1. The first-order valence-electron chi connectivity index (χ1n) is 6.04. The van der Waals surface area contributed by atoms with Gasteiger partial charge >= 0.3 is 0 Å². The highest BCUT2D eigenvalue weighted by molar-refractivity contribution is 7.14. The Balaban J connectivity index is 1.97. The molecule has 1 unspecified atom stereocenters. The molecule has 0 saturated heterocycles. The van der Waals surface area contributed by atoms with Crippen molar-refractivity contribution in [1.29, 1.82) is 0 Å². The second-order valence-corrected chi connectivity index (χ2v) is 6.25. The number of hydrogen-bond acceptors (Lipinski definition) is 3. The fourth-order valence-corrected chi connectivity index (χ4v) is 3.40. The minimum absolute atomic E-state index is 0.204. The fourth-order valence-electron chi connectivity index (χ4n) is 2.54. The normalized spacial score (nSPS) is 21.8. The molecular formula is C14H11ClFNO2S. The standard InChI is InChI=1S/C14H11ClFNO2S/c1-7-4-9-10(2-3-11(18)13(9)16)17(7)14(19)8-5-12(15)20-6-8/h3-6,10,18H,2H2,1H3. The minimum Gasteiger partial charge on any atom is -0.505 e. The SMILES string of the molecule is CC1=CC2=C(F)C(O)=CCC2N1C(=O)c1csc(Cl)c1. The summed E-state index contributed by atoms with van der Waals surface area (Å²) < 4.78 is 14.4. The van der Waals surface area contributed by atoms with Gasteiger partial charge in [-0.05, 0) is 31.6 Å². The van der Waals surface area contributed by atoms with E-state index in [9.17, 15) is 14.3 Å². The van der Waals surface area contributed by atoms with Gasteiger partial charge in [-0.15, -0.1) is 11.3 Å². The maximum Gasteiger partial charge on any atom is 0.259 e. The van der Waals surface area contributed by atoms with Gasteiger partial charge in [-0.2, -0.15) is 0 Å². The van der Waals surface area contributed by atoms with Crippen molar-refractivity contribution >= 4 is 28.8 Å². The lowest BCUT2D eigenvalue weighted by atomic mass is 9.98. The highest BCUT2D eigenvalue weighted by Gasteiger charge is 2.37. The number of amides is 1. The van der Waals surface area contributed by atoms with Gasteiger partial charge in [0.2, 0.25) is 0 Å². The van der Waals surface area contributed by atoms with Gasteiger partial charge in [-0.25, -0.2) is 4.39 Å². The molecule has 1 aliphatic carbocycles. The molecule has 1 aliphatic heterocycles. The van der Waals surface area contributed by atoms with E-state index in [-0.39, 0.29) is 11.7 Å². The molecule has 0 fully saturated rings. The summed E-state index contributed by atoms with van der Waals surface area (Å²) in [6.45, 7) is 1.75. The zero-order valence-electron chi connectivity index (χ0n) is 10.6. The number of carbonyl (C=O) groups excluding carboxylic acids is 1. The summed E-state index contributed by atoms with van der Waals surface area (Å²) in [6, 6.07) is 1.22. The van der Waals surface area contributed by atoms with Crippen LogP contribution in [0.5, 0.6) is 0 Å². The molecule has 3 nitrogen and oxygen atoms in total. The van der Waals surface area contributed by atoms with Crippen LogP contribution in [0.1, 0.15) is 23.7 Å². The predicted octanol–water partition coefficient (Wildman–Crippen LogP) is 4.20. The van der Waals surface area contributed by atoms with Crippen LogP contribution in [-0.4, -0.2) is 22.0 Å². The highest BCUT2D eigenvalue weighted by Crippen LogP contribution is 2.38. The molecule has 0 bridgehead atoms. The summed E-state index contributed by atoms with van der Waals surface area (Å²) >= 11 is 7.13. The van der Waals surface area contributed by atoms with E-state index in [1.165, 1.54) is 17.4 Å². The summed E-state index contributed by atoms with van der Waals surface area (Å²) in [7, 11) is 0. The van der Waals surface area contributed by atoms with Gasteiger partial charge < -0.3 is 10.0 Å². The number of hydrogen-bond donors (Lipinski definition) is 1. The van der Waals surface area contributed by atoms with E-state index in [2.05, 4.69) is 0 Å². The number of aliphatic hydroxyl groups excluding tert-OH is 1. The fraction of sp³-hybridized carbons (Fsp3) is 0.214. The molecule has 6 heteroatoms. The summed E-state index contributed by atoms with van der Waals surface area (Å²) in [5, 5.41) is 11.1. The van der Waals surface area contributed by atoms with E-state index in [0.717, 1.165) is 0 Å². The van der Waals surface area contributed by atoms with E-state index in [4.69, 9.17) is 11.6 Å². The van der Waals surface area contributed by atoms with Gasteiger partial charge in [0.1, 0.15) is 5.76 Å². The van der Waals surface area contributed by atoms with E-state index in [0.29, 0.717) is 27.6 Å². The molecule has 1 atom stereocenters. The molecule has 20 heavy (non-hydrogen) atoms. The molecule has 0 spiro atoms. The number of thiophene rings is 1. The van der Waals surface area contributed by atoms with Crippen LogP contribution in [0.3, 0.4) is 0 Å². The van der Waals surface area contributed by atoms with Crippen molar-refractivity contribution in [2.24, 2.45) is 0 Å². The van der Waals surface area contributed by atoms with E-state index in [1.807, 2.05) is 0 Å². The first-order chi connectivity index (χ1) is 9.49. The van der Waals surface area contributed by atoms with Crippen molar-refractivity contribution in [3.63, 3.8) is 0 Å². The molecule has 1 aromatic rings. The number of carbonyl (C=O) groups is 1. The van der Waals surface area contributed by atoms with Gasteiger partial charge in [0.25, 0.3) is 5.91 Å². The van der Waals surface area contributed by atoms with Crippen LogP contribution in [0.2, 0.25) is 4.34 Å². The van der Waals surface area contributed by atoms with Crippen molar-refractivity contribution in [3.8, 4) is 0 Å². The van der Waals surface area contributed by atoms with E-state index < -0.39 is 11.9 Å². The molecule has 0 radical (unpaired) electrons. The zero-order chi connectivity index (χ0) is 14.4. The summed E-state index contributed by atoms with van der Waals surface area (Å²) in [4.78, 5) is 14.1. The van der Waals surface area contributed by atoms with Crippen LogP contribution in [0.4, 0.5) is 4.39 Å². The largest absolute Gasteiger partial charge is 0.505 e. The number of halogens is 2. The van der Waals surface area contributed by atoms with Crippen LogP contribution < -0.4 is 0 Å². The molecule has 104 valence electrons. The maximum atomic E-state index is 13.9. The first kappa shape index (κ1) is 13.4. The molecule has 1 N–H and O–H groups in total. The van der Waals surface area contributed by atoms with Crippen LogP contribution in [-0.2, 0) is 0 Å². The summed E-state index contributed by atoms with van der Waals surface area (Å²) in [5.74, 6) is -1.21. The third-order valence-corrected chi connectivity index (χ3v) is 4.55. The third kappa shape index (κ3) is 1.98. The lowest BCUT2D eigenvalue weighted by Crippen LogP contribution is -2.36. The zero-order valence-corrected chi connectivity index (χ0v) is 12.1. The lowest BCUT2D eigenvalue weighted by Gasteiger charge is -2.28. The molecule has 2 aliphatic rings. The minimum atomic E-state index is -0.653. The van der Waals surface area contributed by atoms with Crippen LogP contribution in [0.15, 0.2) is 46.5 Å². The van der Waals surface area contributed by atoms with Gasteiger partial charge in [0.15, 0.2) is 5.83 Å². The Labute approximate surface area is 124 Å². The Morgan fingerprint density at radius 1 is 1.60 bits per heavy atom. The maximum absolute atomic E-state index is 13.9. The average molecular weight is 312 g/mol. The molecule has 0 aromatic carbocycles. The summed E-state index contributed by atoms with van der Waals surface area (Å²) in [5.41, 5.74) is 1.51. The molecule has 0 saturated carbocycles. The number of allylic oxidation sites excluding steroid dienone is 2. The first-order valence-corrected chi connectivity index (χ1v) is 7.30. The van der Waals surface area contributed by atoms with Crippen LogP contribution in [0.25, 0.3) is 0 Å². The quantitative estimate of drug-likeness (QED) is 0.844.